The Labute approximate surface area is 113 Å². The van der Waals surface area contributed by atoms with Crippen LogP contribution in [0.5, 0.6) is 0 Å². The summed E-state index contributed by atoms with van der Waals surface area (Å²) in [6.45, 7) is 5.65. The second-order valence-electron chi connectivity index (χ2n) is 5.24. The van der Waals surface area contributed by atoms with Crippen molar-refractivity contribution in [2.45, 2.75) is 38.6 Å². The van der Waals surface area contributed by atoms with Crippen molar-refractivity contribution in [2.24, 2.45) is 11.7 Å². The third-order valence-electron chi connectivity index (χ3n) is 3.48. The zero-order valence-electron chi connectivity index (χ0n) is 11.0. The Kier molecular flexibility index (Phi) is 4.77. The van der Waals surface area contributed by atoms with Crippen LogP contribution in [0.4, 0.5) is 0 Å². The number of hydrogen-bond donors (Lipinski definition) is 2. The molecule has 0 saturated carbocycles. The molecule has 0 radical (unpaired) electrons. The monoisotopic (exact) mass is 269 g/mol. The van der Waals surface area contributed by atoms with Crippen LogP contribution >= 0.6 is 11.6 Å². The van der Waals surface area contributed by atoms with E-state index in [1.165, 1.54) is 0 Å². The Morgan fingerprint density at radius 3 is 2.33 bits per heavy atom. The normalized spacial score (nSPS) is 17.8. The fourth-order valence-corrected chi connectivity index (χ4v) is 2.15. The first kappa shape index (κ1) is 15.0. The average Bonchev–Trinajstić information content (AvgIpc) is 2.28. The van der Waals surface area contributed by atoms with Crippen LogP contribution in [0.2, 0.25) is 5.02 Å². The van der Waals surface area contributed by atoms with Crippen molar-refractivity contribution < 1.29 is 9.90 Å². The molecule has 0 heterocycles. The third-order valence-corrected chi connectivity index (χ3v) is 3.74. The molecule has 3 unspecified atom stereocenters. The van der Waals surface area contributed by atoms with E-state index in [9.17, 15) is 4.79 Å². The van der Waals surface area contributed by atoms with Gasteiger partial charge in [-0.1, -0.05) is 37.6 Å². The van der Waals surface area contributed by atoms with Gasteiger partial charge in [-0.3, -0.25) is 4.79 Å². The second kappa shape index (κ2) is 5.72. The molecule has 0 spiro atoms. The van der Waals surface area contributed by atoms with Crippen LogP contribution in [0.25, 0.3) is 0 Å². The summed E-state index contributed by atoms with van der Waals surface area (Å²) in [5.41, 5.74) is 5.75. The van der Waals surface area contributed by atoms with Gasteiger partial charge in [-0.05, 0) is 42.9 Å². The number of carbonyl (C=O) groups is 1. The van der Waals surface area contributed by atoms with Crippen molar-refractivity contribution >= 4 is 17.6 Å². The summed E-state index contributed by atoms with van der Waals surface area (Å²) in [5.74, 6) is -0.542. The summed E-state index contributed by atoms with van der Waals surface area (Å²) in [6.07, 6.45) is 0.437. The summed E-state index contributed by atoms with van der Waals surface area (Å²) >= 11 is 5.85. The molecule has 3 nitrogen and oxygen atoms in total. The number of benzene rings is 1. The number of hydrogen-bond acceptors (Lipinski definition) is 2. The first-order valence-corrected chi connectivity index (χ1v) is 6.39. The Balaban J connectivity index is 2.75. The van der Waals surface area contributed by atoms with Crippen molar-refractivity contribution in [2.75, 3.05) is 0 Å². The molecule has 4 heteroatoms. The van der Waals surface area contributed by atoms with Crippen LogP contribution in [0, 0.1) is 5.92 Å². The molecule has 0 aliphatic rings. The van der Waals surface area contributed by atoms with Crippen LogP contribution in [0.3, 0.4) is 0 Å². The maximum atomic E-state index is 11.0. The van der Waals surface area contributed by atoms with Gasteiger partial charge >= 0.3 is 5.97 Å². The average molecular weight is 270 g/mol. The van der Waals surface area contributed by atoms with E-state index in [-0.39, 0.29) is 11.8 Å². The Hall–Kier alpha value is -1.06. The molecule has 3 N–H and O–H groups in total. The minimum Gasteiger partial charge on any atom is -0.480 e. The predicted molar refractivity (Wildman–Crippen MR) is 73.9 cm³/mol. The van der Waals surface area contributed by atoms with E-state index >= 15 is 0 Å². The molecule has 0 aliphatic heterocycles. The van der Waals surface area contributed by atoms with E-state index < -0.39 is 11.5 Å². The number of aliphatic carboxylic acids is 1. The first-order valence-electron chi connectivity index (χ1n) is 6.02. The topological polar surface area (TPSA) is 63.3 Å². The van der Waals surface area contributed by atoms with Gasteiger partial charge in [-0.2, -0.15) is 0 Å². The van der Waals surface area contributed by atoms with E-state index in [2.05, 4.69) is 6.92 Å². The highest BCUT2D eigenvalue weighted by atomic mass is 35.5. The predicted octanol–water partition coefficient (Wildman–Crippen LogP) is 3.27. The molecule has 1 aromatic rings. The quantitative estimate of drug-likeness (QED) is 0.862. The number of nitrogens with two attached hydrogens (primary N) is 1. The van der Waals surface area contributed by atoms with Crippen molar-refractivity contribution in [3.05, 3.63) is 34.9 Å². The Morgan fingerprint density at radius 1 is 1.39 bits per heavy atom. The summed E-state index contributed by atoms with van der Waals surface area (Å²) in [6, 6.07) is 7.63. The lowest BCUT2D eigenvalue weighted by atomic mass is 9.80. The lowest BCUT2D eigenvalue weighted by molar-refractivity contribution is -0.143. The molecule has 0 aliphatic carbocycles. The summed E-state index contributed by atoms with van der Waals surface area (Å²) in [7, 11) is 0. The van der Waals surface area contributed by atoms with Gasteiger partial charge in [0, 0.05) is 5.02 Å². The number of halogens is 1. The van der Waals surface area contributed by atoms with Crippen LogP contribution in [-0.4, -0.2) is 16.6 Å². The number of rotatable bonds is 5. The van der Waals surface area contributed by atoms with Crippen molar-refractivity contribution in [1.82, 2.24) is 0 Å². The van der Waals surface area contributed by atoms with Crippen molar-refractivity contribution in [3.63, 3.8) is 0 Å². The lowest BCUT2D eigenvalue weighted by Crippen LogP contribution is -2.46. The van der Waals surface area contributed by atoms with E-state index in [1.807, 2.05) is 31.2 Å². The van der Waals surface area contributed by atoms with E-state index in [1.54, 1.807) is 6.92 Å². The fourth-order valence-electron chi connectivity index (χ4n) is 2.03. The summed E-state index contributed by atoms with van der Waals surface area (Å²) < 4.78 is 0. The first-order chi connectivity index (χ1) is 8.24. The molecule has 0 fully saturated rings. The molecule has 0 amide bonds. The van der Waals surface area contributed by atoms with Crippen LogP contribution in [-0.2, 0) is 4.79 Å². The molecule has 100 valence electrons. The van der Waals surface area contributed by atoms with Gasteiger partial charge in [0.2, 0.25) is 0 Å². The second-order valence-corrected chi connectivity index (χ2v) is 5.68. The molecule has 0 aromatic heterocycles. The van der Waals surface area contributed by atoms with E-state index in [0.717, 1.165) is 5.56 Å². The molecule has 18 heavy (non-hydrogen) atoms. The summed E-state index contributed by atoms with van der Waals surface area (Å²) in [4.78, 5) is 11.0. The maximum Gasteiger partial charge on any atom is 0.323 e. The standard InChI is InChI=1S/C14H20ClNO2/c1-9(8-14(3,16)13(17)18)10(2)11-4-6-12(15)7-5-11/h4-7,9-10H,8,16H2,1-3H3,(H,17,18). The van der Waals surface area contributed by atoms with Crippen LogP contribution in [0.1, 0.15) is 38.7 Å². The minimum absolute atomic E-state index is 0.178. The Bertz CT molecular complexity index is 414. The molecule has 3 atom stereocenters. The zero-order valence-corrected chi connectivity index (χ0v) is 11.7. The fraction of sp³-hybridized carbons (Fsp3) is 0.500. The zero-order chi connectivity index (χ0) is 13.9. The molecule has 1 rings (SSSR count). The van der Waals surface area contributed by atoms with Gasteiger partial charge in [0.1, 0.15) is 5.54 Å². The lowest BCUT2D eigenvalue weighted by Gasteiger charge is -2.27. The molecular weight excluding hydrogens is 250 g/mol. The van der Waals surface area contributed by atoms with Gasteiger partial charge in [0.25, 0.3) is 0 Å². The molecule has 1 aromatic carbocycles. The van der Waals surface area contributed by atoms with Gasteiger partial charge in [-0.15, -0.1) is 0 Å². The maximum absolute atomic E-state index is 11.0. The smallest absolute Gasteiger partial charge is 0.323 e. The highest BCUT2D eigenvalue weighted by Gasteiger charge is 2.31. The highest BCUT2D eigenvalue weighted by molar-refractivity contribution is 6.30. The SMILES string of the molecule is CC(CC(C)(N)C(=O)O)C(C)c1ccc(Cl)cc1. The van der Waals surface area contributed by atoms with Crippen LogP contribution < -0.4 is 5.73 Å². The van der Waals surface area contributed by atoms with Gasteiger partial charge in [0.15, 0.2) is 0 Å². The number of carboxylic acid groups (broad SMARTS) is 1. The molecule has 0 bridgehead atoms. The van der Waals surface area contributed by atoms with E-state index in [0.29, 0.717) is 11.4 Å². The van der Waals surface area contributed by atoms with E-state index in [4.69, 9.17) is 22.4 Å². The van der Waals surface area contributed by atoms with Gasteiger partial charge in [-0.25, -0.2) is 0 Å². The third kappa shape index (κ3) is 3.72. The minimum atomic E-state index is -1.18. The molecular formula is C14H20ClNO2. The molecule has 0 saturated heterocycles. The van der Waals surface area contributed by atoms with Crippen molar-refractivity contribution in [3.8, 4) is 0 Å². The largest absolute Gasteiger partial charge is 0.480 e. The highest BCUT2D eigenvalue weighted by Crippen LogP contribution is 2.30. The van der Waals surface area contributed by atoms with Gasteiger partial charge in [0.05, 0.1) is 0 Å². The van der Waals surface area contributed by atoms with Gasteiger partial charge < -0.3 is 10.8 Å². The Morgan fingerprint density at radius 2 is 1.89 bits per heavy atom. The van der Waals surface area contributed by atoms with Crippen molar-refractivity contribution in [1.29, 1.82) is 0 Å². The number of carboxylic acids is 1. The summed E-state index contributed by atoms with van der Waals surface area (Å²) in [5, 5.41) is 9.74. The van der Waals surface area contributed by atoms with Crippen LogP contribution in [0.15, 0.2) is 24.3 Å².